The molecule has 124 valence electrons. The van der Waals surface area contributed by atoms with Crippen molar-refractivity contribution in [2.45, 2.75) is 67.3 Å². The molecule has 1 aliphatic rings. The summed E-state index contributed by atoms with van der Waals surface area (Å²) in [6, 6.07) is 0.455. The summed E-state index contributed by atoms with van der Waals surface area (Å²) in [4.78, 5) is 13.0. The van der Waals surface area contributed by atoms with E-state index in [2.05, 4.69) is 27.0 Å². The van der Waals surface area contributed by atoms with Gasteiger partial charge >= 0.3 is 0 Å². The number of nitrogens with zero attached hydrogens (tertiary/aromatic N) is 1. The Morgan fingerprint density at radius 2 is 1.52 bits per heavy atom. The molecule has 1 amide bonds. The van der Waals surface area contributed by atoms with Crippen molar-refractivity contribution in [3.05, 3.63) is 37.5 Å². The van der Waals surface area contributed by atoms with Gasteiger partial charge in [0, 0.05) is 19.5 Å². The van der Waals surface area contributed by atoms with E-state index >= 15 is 0 Å². The molecule has 1 fully saturated rings. The van der Waals surface area contributed by atoms with Crippen LogP contribution in [-0.4, -0.2) is 23.4 Å². The Bertz CT molecular complexity index is 271. The number of hydrogen-bond acceptors (Lipinski definition) is 1. The quantitative estimate of drug-likeness (QED) is 0.454. The van der Waals surface area contributed by atoms with Crippen LogP contribution in [0.4, 0.5) is 0 Å². The zero-order valence-corrected chi connectivity index (χ0v) is 15.4. The lowest BCUT2D eigenvalue weighted by Gasteiger charge is -2.35. The van der Waals surface area contributed by atoms with Gasteiger partial charge in [-0.05, 0) is 39.5 Å². The Balaban J connectivity index is -0.000000277. The first-order chi connectivity index (χ1) is 10.0. The average Bonchev–Trinajstić information content (AvgIpc) is 2.49. The summed E-state index contributed by atoms with van der Waals surface area (Å²) in [7, 11) is 0. The SMILES string of the molecule is C/C=C\C=C/C.C=C.CC.CC(=O)N1CCC(C)CC1C. The number of piperidine rings is 1. The summed E-state index contributed by atoms with van der Waals surface area (Å²) in [6.45, 7) is 21.0. The van der Waals surface area contributed by atoms with Gasteiger partial charge in [-0.1, -0.05) is 45.1 Å². The normalized spacial score (nSPS) is 20.6. The molecule has 0 aromatic heterocycles. The van der Waals surface area contributed by atoms with E-state index in [9.17, 15) is 4.79 Å². The van der Waals surface area contributed by atoms with E-state index in [0.29, 0.717) is 6.04 Å². The largest absolute Gasteiger partial charge is 0.340 e. The summed E-state index contributed by atoms with van der Waals surface area (Å²) in [5.74, 6) is 1.02. The van der Waals surface area contributed by atoms with Crippen LogP contribution in [-0.2, 0) is 4.79 Å². The molecule has 2 atom stereocenters. The summed E-state index contributed by atoms with van der Waals surface area (Å²) in [5, 5.41) is 0. The van der Waals surface area contributed by atoms with Gasteiger partial charge in [0.05, 0.1) is 0 Å². The summed E-state index contributed by atoms with van der Waals surface area (Å²) < 4.78 is 0. The smallest absolute Gasteiger partial charge is 0.219 e. The zero-order chi connectivity index (χ0) is 17.3. The summed E-state index contributed by atoms with van der Waals surface area (Å²) in [5.41, 5.74) is 0. The van der Waals surface area contributed by atoms with Gasteiger partial charge in [-0.3, -0.25) is 4.79 Å². The lowest BCUT2D eigenvalue weighted by Crippen LogP contribution is -2.42. The highest BCUT2D eigenvalue weighted by Crippen LogP contribution is 2.21. The zero-order valence-electron chi connectivity index (χ0n) is 15.4. The number of hydrogen-bond donors (Lipinski definition) is 0. The third-order valence-corrected chi connectivity index (χ3v) is 3.04. The standard InChI is InChI=1S/C9H17NO.C6H10.C2H6.C2H4/c1-7-4-5-10(9(3)11)8(2)6-7;1-3-5-6-4-2;2*1-2/h7-8H,4-6H2,1-3H3;3-6H,1-2H3;1-2H3;1-2H2/b;5-3-,6-4-;;. The van der Waals surface area contributed by atoms with Crippen LogP contribution >= 0.6 is 0 Å². The Morgan fingerprint density at radius 1 is 1.10 bits per heavy atom. The second-order valence-corrected chi connectivity index (χ2v) is 4.74. The highest BCUT2D eigenvalue weighted by molar-refractivity contribution is 5.73. The maximum absolute atomic E-state index is 11.0. The minimum Gasteiger partial charge on any atom is -0.340 e. The maximum atomic E-state index is 11.0. The average molecular weight is 296 g/mol. The minimum atomic E-state index is 0.226. The highest BCUT2D eigenvalue weighted by Gasteiger charge is 2.23. The second kappa shape index (κ2) is 18.7. The van der Waals surface area contributed by atoms with Crippen LogP contribution in [0, 0.1) is 5.92 Å². The number of carbonyl (C=O) groups excluding carboxylic acids is 1. The number of allylic oxidation sites excluding steroid dienone is 4. The van der Waals surface area contributed by atoms with Gasteiger partial charge in [0.1, 0.15) is 0 Å². The lowest BCUT2D eigenvalue weighted by atomic mass is 9.93. The fraction of sp³-hybridized carbons (Fsp3) is 0.632. The van der Waals surface area contributed by atoms with Gasteiger partial charge in [-0.25, -0.2) is 0 Å². The molecule has 0 N–H and O–H groups in total. The Kier molecular flexibility index (Phi) is 22.0. The fourth-order valence-electron chi connectivity index (χ4n) is 2.10. The van der Waals surface area contributed by atoms with E-state index in [1.54, 1.807) is 6.92 Å². The third kappa shape index (κ3) is 14.9. The van der Waals surface area contributed by atoms with Gasteiger partial charge in [0.15, 0.2) is 0 Å². The predicted octanol–water partition coefficient (Wildman–Crippen LogP) is 5.62. The van der Waals surface area contributed by atoms with Crippen LogP contribution in [0.1, 0.15) is 61.3 Å². The second-order valence-electron chi connectivity index (χ2n) is 4.74. The van der Waals surface area contributed by atoms with Gasteiger partial charge in [0.2, 0.25) is 5.91 Å². The van der Waals surface area contributed by atoms with Crippen molar-refractivity contribution in [1.82, 2.24) is 4.90 Å². The molecule has 21 heavy (non-hydrogen) atoms. The van der Waals surface area contributed by atoms with Crippen molar-refractivity contribution in [2.24, 2.45) is 5.92 Å². The molecule has 2 unspecified atom stereocenters. The predicted molar refractivity (Wildman–Crippen MR) is 97.5 cm³/mol. The van der Waals surface area contributed by atoms with Gasteiger partial charge in [-0.2, -0.15) is 0 Å². The van der Waals surface area contributed by atoms with Crippen LogP contribution < -0.4 is 0 Å². The molecule has 0 saturated carbocycles. The minimum absolute atomic E-state index is 0.226. The van der Waals surface area contributed by atoms with Crippen LogP contribution in [0.3, 0.4) is 0 Å². The van der Waals surface area contributed by atoms with Gasteiger partial charge in [-0.15, -0.1) is 13.2 Å². The molecule has 0 aromatic carbocycles. The third-order valence-electron chi connectivity index (χ3n) is 3.04. The topological polar surface area (TPSA) is 20.3 Å². The molecule has 2 nitrogen and oxygen atoms in total. The first kappa shape index (κ1) is 24.7. The molecular formula is C19H37NO. The first-order valence-electron chi connectivity index (χ1n) is 8.04. The highest BCUT2D eigenvalue weighted by atomic mass is 16.2. The number of amides is 1. The monoisotopic (exact) mass is 295 g/mol. The molecule has 0 radical (unpaired) electrons. The van der Waals surface area contributed by atoms with Crippen molar-refractivity contribution in [3.8, 4) is 0 Å². The van der Waals surface area contributed by atoms with E-state index in [1.165, 1.54) is 12.8 Å². The lowest BCUT2D eigenvalue weighted by molar-refractivity contribution is -0.132. The molecule has 0 aliphatic carbocycles. The summed E-state index contributed by atoms with van der Waals surface area (Å²) >= 11 is 0. The first-order valence-corrected chi connectivity index (χ1v) is 8.04. The van der Waals surface area contributed by atoms with E-state index in [1.807, 2.05) is 56.9 Å². The van der Waals surface area contributed by atoms with Gasteiger partial charge < -0.3 is 4.90 Å². The van der Waals surface area contributed by atoms with Crippen LogP contribution in [0.25, 0.3) is 0 Å². The fourth-order valence-corrected chi connectivity index (χ4v) is 2.10. The molecule has 1 saturated heterocycles. The molecule has 1 heterocycles. The van der Waals surface area contributed by atoms with Crippen LogP contribution in [0.2, 0.25) is 0 Å². The number of likely N-dealkylation sites (tertiary alicyclic amines) is 1. The van der Waals surface area contributed by atoms with Crippen LogP contribution in [0.5, 0.6) is 0 Å². The van der Waals surface area contributed by atoms with Crippen LogP contribution in [0.15, 0.2) is 37.5 Å². The van der Waals surface area contributed by atoms with Crippen molar-refractivity contribution >= 4 is 5.91 Å². The van der Waals surface area contributed by atoms with Crippen molar-refractivity contribution in [3.63, 3.8) is 0 Å². The van der Waals surface area contributed by atoms with Crippen molar-refractivity contribution in [1.29, 1.82) is 0 Å². The Hall–Kier alpha value is -1.31. The van der Waals surface area contributed by atoms with E-state index in [0.717, 1.165) is 12.5 Å². The maximum Gasteiger partial charge on any atom is 0.219 e. The van der Waals surface area contributed by atoms with Crippen molar-refractivity contribution < 1.29 is 4.79 Å². The summed E-state index contributed by atoms with van der Waals surface area (Å²) in [6.07, 6.45) is 10.3. The molecule has 0 aromatic rings. The number of carbonyl (C=O) groups is 1. The van der Waals surface area contributed by atoms with E-state index in [4.69, 9.17) is 0 Å². The number of rotatable bonds is 1. The van der Waals surface area contributed by atoms with Gasteiger partial charge in [0.25, 0.3) is 0 Å². The molecule has 0 spiro atoms. The van der Waals surface area contributed by atoms with Crippen molar-refractivity contribution in [2.75, 3.05) is 6.54 Å². The molecule has 0 bridgehead atoms. The molecule has 2 heteroatoms. The Labute approximate surface area is 133 Å². The van der Waals surface area contributed by atoms with E-state index in [-0.39, 0.29) is 5.91 Å². The Morgan fingerprint density at radius 3 is 1.81 bits per heavy atom. The molecule has 1 aliphatic heterocycles. The molecular weight excluding hydrogens is 258 g/mol. The molecule has 1 rings (SSSR count). The van der Waals surface area contributed by atoms with E-state index < -0.39 is 0 Å².